The SMILES string of the molecule is CNCCc1ccc2ncccc2c1. The number of nitrogens with zero attached hydrogens (tertiary/aromatic N) is 1. The molecule has 0 aliphatic rings. The van der Waals surface area contributed by atoms with Crippen LogP contribution < -0.4 is 5.32 Å². The molecule has 0 spiro atoms. The molecule has 0 fully saturated rings. The third-order valence-electron chi connectivity index (χ3n) is 2.33. The van der Waals surface area contributed by atoms with Crippen LogP contribution in [-0.2, 0) is 6.42 Å². The van der Waals surface area contributed by atoms with Crippen LogP contribution in [0.4, 0.5) is 0 Å². The molecule has 1 heterocycles. The van der Waals surface area contributed by atoms with E-state index in [1.807, 2.05) is 19.3 Å². The topological polar surface area (TPSA) is 24.9 Å². The number of benzene rings is 1. The van der Waals surface area contributed by atoms with E-state index in [-0.39, 0.29) is 0 Å². The van der Waals surface area contributed by atoms with Crippen LogP contribution in [0.2, 0.25) is 0 Å². The molecule has 2 rings (SSSR count). The molecule has 0 saturated carbocycles. The van der Waals surface area contributed by atoms with Gasteiger partial charge in [0.25, 0.3) is 0 Å². The van der Waals surface area contributed by atoms with E-state index in [9.17, 15) is 0 Å². The summed E-state index contributed by atoms with van der Waals surface area (Å²) in [6.45, 7) is 1.02. The fraction of sp³-hybridized carbons (Fsp3) is 0.250. The van der Waals surface area contributed by atoms with Gasteiger partial charge in [0.15, 0.2) is 0 Å². The molecule has 2 aromatic rings. The van der Waals surface area contributed by atoms with Crippen LogP contribution in [0.3, 0.4) is 0 Å². The highest BCUT2D eigenvalue weighted by atomic mass is 14.8. The van der Waals surface area contributed by atoms with Crippen molar-refractivity contribution in [3.8, 4) is 0 Å². The van der Waals surface area contributed by atoms with E-state index in [4.69, 9.17) is 0 Å². The highest BCUT2D eigenvalue weighted by Gasteiger charge is 1.95. The van der Waals surface area contributed by atoms with Crippen molar-refractivity contribution < 1.29 is 0 Å². The van der Waals surface area contributed by atoms with Gasteiger partial charge < -0.3 is 5.32 Å². The van der Waals surface area contributed by atoms with Crippen LogP contribution in [0.25, 0.3) is 10.9 Å². The second-order valence-electron chi connectivity index (χ2n) is 3.38. The molecule has 0 amide bonds. The van der Waals surface area contributed by atoms with Gasteiger partial charge in [-0.3, -0.25) is 4.98 Å². The second-order valence-corrected chi connectivity index (χ2v) is 3.38. The third-order valence-corrected chi connectivity index (χ3v) is 2.33. The van der Waals surface area contributed by atoms with Crippen LogP contribution in [0.15, 0.2) is 36.5 Å². The Morgan fingerprint density at radius 3 is 3.07 bits per heavy atom. The number of hydrogen-bond acceptors (Lipinski definition) is 2. The molecule has 0 atom stereocenters. The molecule has 1 aromatic heterocycles. The summed E-state index contributed by atoms with van der Waals surface area (Å²) >= 11 is 0. The van der Waals surface area contributed by atoms with E-state index in [1.165, 1.54) is 10.9 Å². The lowest BCUT2D eigenvalue weighted by molar-refractivity contribution is 0.792. The predicted octanol–water partition coefficient (Wildman–Crippen LogP) is 2.00. The predicted molar refractivity (Wildman–Crippen MR) is 59.4 cm³/mol. The Labute approximate surface area is 84.0 Å². The Kier molecular flexibility index (Phi) is 2.75. The van der Waals surface area contributed by atoms with Crippen molar-refractivity contribution in [1.82, 2.24) is 10.3 Å². The van der Waals surface area contributed by atoms with Crippen LogP contribution in [0, 0.1) is 0 Å². The monoisotopic (exact) mass is 186 g/mol. The van der Waals surface area contributed by atoms with Crippen molar-refractivity contribution in [2.75, 3.05) is 13.6 Å². The average molecular weight is 186 g/mol. The highest BCUT2D eigenvalue weighted by Crippen LogP contribution is 2.13. The fourth-order valence-corrected chi connectivity index (χ4v) is 1.55. The van der Waals surface area contributed by atoms with Crippen molar-refractivity contribution in [3.63, 3.8) is 0 Å². The number of fused-ring (bicyclic) bond motifs is 1. The molecule has 0 radical (unpaired) electrons. The maximum Gasteiger partial charge on any atom is 0.0702 e. The quantitative estimate of drug-likeness (QED) is 0.793. The first-order chi connectivity index (χ1) is 6.90. The average Bonchev–Trinajstić information content (AvgIpc) is 2.26. The second kappa shape index (κ2) is 4.20. The Morgan fingerprint density at radius 2 is 2.21 bits per heavy atom. The highest BCUT2D eigenvalue weighted by molar-refractivity contribution is 5.78. The van der Waals surface area contributed by atoms with Crippen molar-refractivity contribution in [1.29, 1.82) is 0 Å². The molecule has 0 aliphatic heterocycles. The molecule has 0 saturated heterocycles. The first-order valence-electron chi connectivity index (χ1n) is 4.88. The summed E-state index contributed by atoms with van der Waals surface area (Å²) in [4.78, 5) is 4.29. The zero-order valence-electron chi connectivity index (χ0n) is 8.33. The van der Waals surface area contributed by atoms with E-state index >= 15 is 0 Å². The number of nitrogens with one attached hydrogen (secondary N) is 1. The molecule has 14 heavy (non-hydrogen) atoms. The van der Waals surface area contributed by atoms with Crippen molar-refractivity contribution in [3.05, 3.63) is 42.1 Å². The van der Waals surface area contributed by atoms with E-state index < -0.39 is 0 Å². The van der Waals surface area contributed by atoms with Gasteiger partial charge in [-0.1, -0.05) is 12.1 Å². The standard InChI is InChI=1S/C12H14N2/c1-13-8-6-10-4-5-12-11(9-10)3-2-7-14-12/h2-5,7,9,13H,6,8H2,1H3. The molecule has 1 N–H and O–H groups in total. The van der Waals surface area contributed by atoms with Crippen LogP contribution >= 0.6 is 0 Å². The zero-order chi connectivity index (χ0) is 9.80. The number of likely N-dealkylation sites (N-methyl/N-ethyl adjacent to an activating group) is 1. The summed E-state index contributed by atoms with van der Waals surface area (Å²) in [7, 11) is 1.97. The number of hydrogen-bond donors (Lipinski definition) is 1. The van der Waals surface area contributed by atoms with E-state index in [0.29, 0.717) is 0 Å². The van der Waals surface area contributed by atoms with Gasteiger partial charge in [0, 0.05) is 11.6 Å². The summed E-state index contributed by atoms with van der Waals surface area (Å²) < 4.78 is 0. The van der Waals surface area contributed by atoms with Crippen molar-refractivity contribution in [2.24, 2.45) is 0 Å². The van der Waals surface area contributed by atoms with Gasteiger partial charge >= 0.3 is 0 Å². The number of pyridine rings is 1. The summed E-state index contributed by atoms with van der Waals surface area (Å²) in [5.74, 6) is 0. The summed E-state index contributed by atoms with van der Waals surface area (Å²) in [5.41, 5.74) is 2.43. The Balaban J connectivity index is 2.32. The van der Waals surface area contributed by atoms with Gasteiger partial charge in [0.05, 0.1) is 5.52 Å². The smallest absolute Gasteiger partial charge is 0.0702 e. The minimum atomic E-state index is 1.02. The van der Waals surface area contributed by atoms with Crippen molar-refractivity contribution >= 4 is 10.9 Å². The molecule has 0 bridgehead atoms. The van der Waals surface area contributed by atoms with Gasteiger partial charge in [-0.2, -0.15) is 0 Å². The number of rotatable bonds is 3. The Bertz CT molecular complexity index is 423. The lowest BCUT2D eigenvalue weighted by Crippen LogP contribution is -2.10. The van der Waals surface area contributed by atoms with E-state index in [2.05, 4.69) is 34.6 Å². The Morgan fingerprint density at radius 1 is 1.29 bits per heavy atom. The molecule has 1 aromatic carbocycles. The summed E-state index contributed by atoms with van der Waals surface area (Å²) in [6.07, 6.45) is 2.90. The van der Waals surface area contributed by atoms with Gasteiger partial charge in [0.2, 0.25) is 0 Å². The van der Waals surface area contributed by atoms with Gasteiger partial charge in [0.1, 0.15) is 0 Å². The zero-order valence-corrected chi connectivity index (χ0v) is 8.33. The first-order valence-corrected chi connectivity index (χ1v) is 4.88. The fourth-order valence-electron chi connectivity index (χ4n) is 1.55. The maximum absolute atomic E-state index is 4.29. The minimum absolute atomic E-state index is 1.02. The van der Waals surface area contributed by atoms with Crippen LogP contribution in [0.5, 0.6) is 0 Å². The normalized spacial score (nSPS) is 10.6. The molecule has 2 heteroatoms. The van der Waals surface area contributed by atoms with Gasteiger partial charge in [-0.05, 0) is 43.8 Å². The first kappa shape index (κ1) is 9.16. The van der Waals surface area contributed by atoms with Gasteiger partial charge in [-0.25, -0.2) is 0 Å². The molecule has 72 valence electrons. The lowest BCUT2D eigenvalue weighted by atomic mass is 10.1. The maximum atomic E-state index is 4.29. The molecular weight excluding hydrogens is 172 g/mol. The molecule has 2 nitrogen and oxygen atoms in total. The number of aromatic nitrogens is 1. The molecule has 0 unspecified atom stereocenters. The van der Waals surface area contributed by atoms with Crippen molar-refractivity contribution in [2.45, 2.75) is 6.42 Å². The van der Waals surface area contributed by atoms with E-state index in [0.717, 1.165) is 18.5 Å². The molecular formula is C12H14N2. The third kappa shape index (κ3) is 1.91. The van der Waals surface area contributed by atoms with Crippen LogP contribution in [-0.4, -0.2) is 18.6 Å². The minimum Gasteiger partial charge on any atom is -0.319 e. The van der Waals surface area contributed by atoms with Crippen LogP contribution in [0.1, 0.15) is 5.56 Å². The largest absolute Gasteiger partial charge is 0.319 e. The summed E-state index contributed by atoms with van der Waals surface area (Å²) in [6, 6.07) is 10.5. The lowest BCUT2D eigenvalue weighted by Gasteiger charge is -2.02. The summed E-state index contributed by atoms with van der Waals surface area (Å²) in [5, 5.41) is 4.37. The molecule has 0 aliphatic carbocycles. The Hall–Kier alpha value is -1.41. The van der Waals surface area contributed by atoms with E-state index in [1.54, 1.807) is 0 Å². The van der Waals surface area contributed by atoms with Gasteiger partial charge in [-0.15, -0.1) is 0 Å².